The van der Waals surface area contributed by atoms with Crippen molar-refractivity contribution >= 4 is 31.6 Å². The van der Waals surface area contributed by atoms with E-state index in [1.54, 1.807) is 12.1 Å². The normalized spacial score (nSPS) is 11.4. The number of sulfonamides is 1. The summed E-state index contributed by atoms with van der Waals surface area (Å²) >= 11 is 3.24. The molecule has 0 amide bonds. The number of nitrogen functional groups attached to an aromatic ring is 1. The molecule has 0 saturated carbocycles. The second-order valence-electron chi connectivity index (χ2n) is 3.99. The molecule has 6 heteroatoms. The fraction of sp³-hybridized carbons (Fsp3) is 0.0769. The maximum Gasteiger partial charge on any atom is 0.242 e. The minimum atomic E-state index is -3.62. The molecule has 0 aliphatic rings. The summed E-state index contributed by atoms with van der Waals surface area (Å²) in [4.78, 5) is 0.0813. The third kappa shape index (κ3) is 3.56. The van der Waals surface area contributed by atoms with Gasteiger partial charge in [-0.3, -0.25) is 0 Å². The van der Waals surface area contributed by atoms with E-state index in [9.17, 15) is 8.42 Å². The van der Waals surface area contributed by atoms with Gasteiger partial charge in [0.05, 0.1) is 5.69 Å². The monoisotopic (exact) mass is 340 g/mol. The molecule has 100 valence electrons. The molecule has 0 spiro atoms. The zero-order valence-electron chi connectivity index (χ0n) is 10.0. The molecule has 2 rings (SSSR count). The van der Waals surface area contributed by atoms with Crippen LogP contribution < -0.4 is 10.5 Å². The number of halogens is 1. The lowest BCUT2D eigenvalue weighted by Crippen LogP contribution is -2.24. The van der Waals surface area contributed by atoms with Gasteiger partial charge in [-0.1, -0.05) is 46.3 Å². The Morgan fingerprint density at radius 2 is 1.79 bits per heavy atom. The first-order chi connectivity index (χ1) is 8.99. The van der Waals surface area contributed by atoms with Crippen molar-refractivity contribution in [2.24, 2.45) is 0 Å². The highest BCUT2D eigenvalue weighted by Crippen LogP contribution is 2.22. The molecule has 0 aromatic heterocycles. The molecular weight excluding hydrogens is 328 g/mol. The van der Waals surface area contributed by atoms with Crippen LogP contribution in [-0.2, 0) is 16.6 Å². The lowest BCUT2D eigenvalue weighted by atomic mass is 10.2. The van der Waals surface area contributed by atoms with Crippen molar-refractivity contribution < 1.29 is 8.42 Å². The summed E-state index contributed by atoms with van der Waals surface area (Å²) in [5.74, 6) is 0. The van der Waals surface area contributed by atoms with Crippen molar-refractivity contribution in [1.29, 1.82) is 0 Å². The van der Waals surface area contributed by atoms with Gasteiger partial charge in [-0.2, -0.15) is 0 Å². The molecule has 0 unspecified atom stereocenters. The van der Waals surface area contributed by atoms with Crippen molar-refractivity contribution in [3.05, 3.63) is 58.6 Å². The Labute approximate surface area is 120 Å². The average molecular weight is 341 g/mol. The highest BCUT2D eigenvalue weighted by molar-refractivity contribution is 9.10. The second kappa shape index (κ2) is 5.73. The van der Waals surface area contributed by atoms with Gasteiger partial charge in [-0.05, 0) is 23.8 Å². The van der Waals surface area contributed by atoms with Crippen LogP contribution in [0.3, 0.4) is 0 Å². The number of nitrogens with two attached hydrogens (primary N) is 1. The average Bonchev–Trinajstić information content (AvgIpc) is 2.40. The Balaban J connectivity index is 2.21. The number of rotatable bonds is 4. The van der Waals surface area contributed by atoms with Gasteiger partial charge in [-0.25, -0.2) is 13.1 Å². The van der Waals surface area contributed by atoms with Crippen LogP contribution in [0.4, 0.5) is 5.69 Å². The minimum absolute atomic E-state index is 0.0813. The Morgan fingerprint density at radius 3 is 2.47 bits per heavy atom. The first-order valence-electron chi connectivity index (χ1n) is 5.58. The van der Waals surface area contributed by atoms with E-state index in [-0.39, 0.29) is 17.1 Å². The van der Waals surface area contributed by atoms with E-state index in [1.807, 2.05) is 30.3 Å². The predicted octanol–water partition coefficient (Wildman–Crippen LogP) is 2.51. The van der Waals surface area contributed by atoms with Crippen LogP contribution in [0.5, 0.6) is 0 Å². The van der Waals surface area contributed by atoms with Crippen LogP contribution in [0, 0.1) is 0 Å². The maximum atomic E-state index is 12.2. The largest absolute Gasteiger partial charge is 0.398 e. The van der Waals surface area contributed by atoms with Crippen molar-refractivity contribution in [2.75, 3.05) is 5.73 Å². The van der Waals surface area contributed by atoms with Crippen molar-refractivity contribution in [3.8, 4) is 0 Å². The molecule has 3 N–H and O–H groups in total. The van der Waals surface area contributed by atoms with Crippen molar-refractivity contribution in [3.63, 3.8) is 0 Å². The van der Waals surface area contributed by atoms with Gasteiger partial charge < -0.3 is 5.73 Å². The number of nitrogens with one attached hydrogen (secondary N) is 1. The fourth-order valence-corrected chi connectivity index (χ4v) is 3.28. The molecule has 0 saturated heterocycles. The molecule has 0 aliphatic carbocycles. The third-order valence-corrected chi connectivity index (χ3v) is 4.52. The Bertz CT molecular complexity index is 672. The lowest BCUT2D eigenvalue weighted by molar-refractivity contribution is 0.581. The molecule has 0 bridgehead atoms. The van der Waals surface area contributed by atoms with Gasteiger partial charge >= 0.3 is 0 Å². The van der Waals surface area contributed by atoms with Crippen molar-refractivity contribution in [2.45, 2.75) is 11.4 Å². The van der Waals surface area contributed by atoms with E-state index in [4.69, 9.17) is 5.73 Å². The molecule has 0 atom stereocenters. The molecule has 19 heavy (non-hydrogen) atoms. The predicted molar refractivity (Wildman–Crippen MR) is 79.0 cm³/mol. The summed E-state index contributed by atoms with van der Waals surface area (Å²) in [5.41, 5.74) is 6.82. The van der Waals surface area contributed by atoms with E-state index in [0.717, 1.165) is 5.56 Å². The number of anilines is 1. The topological polar surface area (TPSA) is 72.2 Å². The molecule has 0 radical (unpaired) electrons. The van der Waals surface area contributed by atoms with Crippen LogP contribution in [-0.4, -0.2) is 8.42 Å². The first-order valence-corrected chi connectivity index (χ1v) is 7.85. The molecule has 2 aromatic rings. The van der Waals surface area contributed by atoms with Gasteiger partial charge in [-0.15, -0.1) is 0 Å². The molecule has 0 heterocycles. The molecular formula is C13H13BrN2O2S. The summed E-state index contributed by atoms with van der Waals surface area (Å²) < 4.78 is 27.5. The van der Waals surface area contributed by atoms with Gasteiger partial charge in [0, 0.05) is 11.0 Å². The van der Waals surface area contributed by atoms with Crippen LogP contribution in [0.1, 0.15) is 5.56 Å². The summed E-state index contributed by atoms with van der Waals surface area (Å²) in [6, 6.07) is 14.0. The summed E-state index contributed by atoms with van der Waals surface area (Å²) in [5, 5.41) is 0. The van der Waals surface area contributed by atoms with Crippen LogP contribution in [0.15, 0.2) is 57.9 Å². The maximum absolute atomic E-state index is 12.2. The highest BCUT2D eigenvalue weighted by Gasteiger charge is 2.17. The molecule has 4 nitrogen and oxygen atoms in total. The zero-order chi connectivity index (χ0) is 13.9. The quantitative estimate of drug-likeness (QED) is 0.840. The standard InChI is InChI=1S/C13H13BrN2O2S/c14-11-6-7-12(15)13(8-11)19(17,18)16-9-10-4-2-1-3-5-10/h1-8,16H,9,15H2. The Morgan fingerprint density at radius 1 is 1.11 bits per heavy atom. The molecule has 0 fully saturated rings. The third-order valence-electron chi connectivity index (χ3n) is 2.57. The van der Waals surface area contributed by atoms with Crippen LogP contribution >= 0.6 is 15.9 Å². The summed E-state index contributed by atoms with van der Waals surface area (Å²) in [6.07, 6.45) is 0. The van der Waals surface area contributed by atoms with Crippen molar-refractivity contribution in [1.82, 2.24) is 4.72 Å². The summed E-state index contributed by atoms with van der Waals surface area (Å²) in [6.45, 7) is 0.231. The van der Waals surface area contributed by atoms with Gasteiger partial charge in [0.25, 0.3) is 0 Å². The van der Waals surface area contributed by atoms with Gasteiger partial charge in [0.2, 0.25) is 10.0 Å². The minimum Gasteiger partial charge on any atom is -0.398 e. The fourth-order valence-electron chi connectivity index (χ4n) is 1.59. The van der Waals surface area contributed by atoms with E-state index in [0.29, 0.717) is 4.47 Å². The number of hydrogen-bond donors (Lipinski definition) is 2. The van der Waals surface area contributed by atoms with Crippen LogP contribution in [0.25, 0.3) is 0 Å². The zero-order valence-corrected chi connectivity index (χ0v) is 12.4. The first kappa shape index (κ1) is 14.0. The lowest BCUT2D eigenvalue weighted by Gasteiger charge is -2.09. The SMILES string of the molecule is Nc1ccc(Br)cc1S(=O)(=O)NCc1ccccc1. The van der Waals surface area contributed by atoms with E-state index in [1.165, 1.54) is 6.07 Å². The van der Waals surface area contributed by atoms with E-state index in [2.05, 4.69) is 20.7 Å². The number of hydrogen-bond acceptors (Lipinski definition) is 3. The van der Waals surface area contributed by atoms with Gasteiger partial charge in [0.1, 0.15) is 4.90 Å². The summed E-state index contributed by atoms with van der Waals surface area (Å²) in [7, 11) is -3.62. The smallest absolute Gasteiger partial charge is 0.242 e. The Kier molecular flexibility index (Phi) is 4.24. The van der Waals surface area contributed by atoms with Crippen LogP contribution in [0.2, 0.25) is 0 Å². The highest BCUT2D eigenvalue weighted by atomic mass is 79.9. The molecule has 0 aliphatic heterocycles. The molecule has 2 aromatic carbocycles. The van der Waals surface area contributed by atoms with Gasteiger partial charge in [0.15, 0.2) is 0 Å². The Hall–Kier alpha value is -1.37. The van der Waals surface area contributed by atoms with E-state index < -0.39 is 10.0 Å². The van der Waals surface area contributed by atoms with E-state index >= 15 is 0 Å². The number of benzene rings is 2. The second-order valence-corrected chi connectivity index (χ2v) is 6.64.